The van der Waals surface area contributed by atoms with Crippen LogP contribution in [0.25, 0.3) is 0 Å². The van der Waals surface area contributed by atoms with Gasteiger partial charge in [-0.05, 0) is 4.92 Å². The van der Waals surface area contributed by atoms with Crippen molar-refractivity contribution in [1.82, 2.24) is 9.55 Å². The minimum absolute atomic E-state index is 0.00882. The quantitative estimate of drug-likeness (QED) is 0.332. The number of carboxylic acids is 1. The van der Waals surface area contributed by atoms with Gasteiger partial charge in [0, 0.05) is 6.92 Å². The molecule has 0 aromatic carbocycles. The van der Waals surface area contributed by atoms with Crippen LogP contribution in [0.1, 0.15) is 5.82 Å². The molecule has 1 saturated heterocycles. The van der Waals surface area contributed by atoms with Gasteiger partial charge in [-0.3, -0.25) is 0 Å². The summed E-state index contributed by atoms with van der Waals surface area (Å²) in [5.41, 5.74) is 0. The van der Waals surface area contributed by atoms with E-state index in [4.69, 9.17) is 14.6 Å². The summed E-state index contributed by atoms with van der Waals surface area (Å²) in [6.45, 7) is 1.36. The van der Waals surface area contributed by atoms with Gasteiger partial charge in [0.15, 0.2) is 18.2 Å². The number of carbonyl (C=O) groups is 1. The van der Waals surface area contributed by atoms with Crippen molar-refractivity contribution in [3.63, 3.8) is 0 Å². The highest BCUT2D eigenvalue weighted by atomic mass is 16.7. The van der Waals surface area contributed by atoms with E-state index < -0.39 is 41.6 Å². The summed E-state index contributed by atoms with van der Waals surface area (Å²) in [6.07, 6.45) is -7.44. The summed E-state index contributed by atoms with van der Waals surface area (Å²) < 4.78 is 11.4. The number of aliphatic carboxylic acids is 1. The molecule has 134 valence electrons. The Balaban J connectivity index is 2.00. The van der Waals surface area contributed by atoms with Crippen LogP contribution in [0.15, 0.2) is 6.20 Å². The molecule has 1 aromatic heterocycles. The molecule has 12 nitrogen and oxygen atoms in total. The number of nitrogens with zero attached hydrogens (tertiary/aromatic N) is 3. The van der Waals surface area contributed by atoms with Crippen molar-refractivity contribution in [2.75, 3.05) is 6.61 Å². The van der Waals surface area contributed by atoms with E-state index >= 15 is 0 Å². The average molecular weight is 347 g/mol. The molecular formula is C12H17N3O9. The van der Waals surface area contributed by atoms with Gasteiger partial charge in [-0.2, -0.15) is 0 Å². The van der Waals surface area contributed by atoms with Gasteiger partial charge < -0.3 is 40.0 Å². The highest BCUT2D eigenvalue weighted by molar-refractivity contribution is 5.73. The molecule has 0 spiro atoms. The Labute approximate surface area is 135 Å². The van der Waals surface area contributed by atoms with Crippen molar-refractivity contribution < 1.29 is 39.6 Å². The fraction of sp³-hybridized carbons (Fsp3) is 0.667. The number of aliphatic hydroxyl groups excluding tert-OH is 3. The molecule has 0 bridgehead atoms. The van der Waals surface area contributed by atoms with E-state index in [-0.39, 0.29) is 19.0 Å². The van der Waals surface area contributed by atoms with Crippen LogP contribution in [-0.2, 0) is 20.8 Å². The lowest BCUT2D eigenvalue weighted by atomic mass is 9.99. The third kappa shape index (κ3) is 3.52. The fourth-order valence-electron chi connectivity index (χ4n) is 2.33. The Morgan fingerprint density at radius 1 is 1.42 bits per heavy atom. The van der Waals surface area contributed by atoms with Crippen LogP contribution in [-0.4, -0.2) is 78.2 Å². The van der Waals surface area contributed by atoms with Crippen LogP contribution in [0.5, 0.6) is 0 Å². The number of imidazole rings is 1. The molecule has 5 atom stereocenters. The predicted molar refractivity (Wildman–Crippen MR) is 73.9 cm³/mol. The summed E-state index contributed by atoms with van der Waals surface area (Å²) in [6, 6.07) is 0. The maximum Gasteiger partial charge on any atom is 0.342 e. The molecule has 2 rings (SSSR count). The van der Waals surface area contributed by atoms with Crippen LogP contribution in [0, 0.1) is 17.0 Å². The number of aliphatic hydroxyl groups is 3. The summed E-state index contributed by atoms with van der Waals surface area (Å²) >= 11 is 0. The number of ether oxygens (including phenoxy) is 2. The number of hydrogen-bond donors (Lipinski definition) is 4. The van der Waals surface area contributed by atoms with Gasteiger partial charge in [0.2, 0.25) is 0 Å². The smallest absolute Gasteiger partial charge is 0.342 e. The first kappa shape index (κ1) is 18.2. The van der Waals surface area contributed by atoms with Gasteiger partial charge >= 0.3 is 11.8 Å². The van der Waals surface area contributed by atoms with Crippen molar-refractivity contribution in [3.8, 4) is 0 Å². The Bertz CT molecular complexity index is 619. The first-order valence-electron chi connectivity index (χ1n) is 6.94. The van der Waals surface area contributed by atoms with Crippen molar-refractivity contribution in [2.45, 2.75) is 44.2 Å². The van der Waals surface area contributed by atoms with Crippen molar-refractivity contribution in [1.29, 1.82) is 0 Å². The second-order valence-electron chi connectivity index (χ2n) is 5.18. The maximum absolute atomic E-state index is 11.0. The second kappa shape index (κ2) is 7.19. The number of aryl methyl sites for hydroxylation is 1. The van der Waals surface area contributed by atoms with E-state index in [0.29, 0.717) is 5.82 Å². The first-order valence-corrected chi connectivity index (χ1v) is 6.94. The monoisotopic (exact) mass is 347 g/mol. The lowest BCUT2D eigenvalue weighted by Crippen LogP contribution is -2.60. The number of carboxylic acid groups (broad SMARTS) is 1. The highest BCUT2D eigenvalue weighted by Crippen LogP contribution is 2.22. The zero-order chi connectivity index (χ0) is 18.0. The average Bonchev–Trinajstić information content (AvgIpc) is 2.88. The van der Waals surface area contributed by atoms with Crippen LogP contribution in [0.4, 0.5) is 5.82 Å². The summed E-state index contributed by atoms with van der Waals surface area (Å²) in [5.74, 6) is -1.41. The Hall–Kier alpha value is -2.12. The van der Waals surface area contributed by atoms with Crippen LogP contribution < -0.4 is 0 Å². The minimum atomic E-state index is -1.81. The normalized spacial score (nSPS) is 30.2. The Morgan fingerprint density at radius 3 is 2.67 bits per heavy atom. The van der Waals surface area contributed by atoms with E-state index in [0.717, 1.165) is 6.20 Å². The number of rotatable bonds is 6. The van der Waals surface area contributed by atoms with Crippen LogP contribution in [0.2, 0.25) is 0 Å². The van der Waals surface area contributed by atoms with Gasteiger partial charge in [0.25, 0.3) is 0 Å². The SMILES string of the molecule is Cc1ncc([N+](=O)[O-])n1CCO[C@H]1O[C@H](C(=O)O)[C@@H](O)[C@@H](O)[C@H]1O. The molecule has 1 aliphatic heterocycles. The molecule has 0 aliphatic carbocycles. The van der Waals surface area contributed by atoms with Crippen molar-refractivity contribution in [2.24, 2.45) is 0 Å². The minimum Gasteiger partial charge on any atom is -0.479 e. The second-order valence-corrected chi connectivity index (χ2v) is 5.18. The summed E-state index contributed by atoms with van der Waals surface area (Å²) in [4.78, 5) is 25.0. The van der Waals surface area contributed by atoms with Crippen LogP contribution in [0.3, 0.4) is 0 Å². The molecule has 1 fully saturated rings. The standard InChI is InChI=1S/C12H17N3O9/c1-5-13-4-6(15(21)22)14(5)2-3-23-12-9(18)7(16)8(17)10(24-12)11(19)20/h4,7-10,12,16-18H,2-3H2,1H3,(H,19,20)/t7-,8+,9-,10+,12+/m1/s1. The molecule has 1 aromatic rings. The molecule has 0 amide bonds. The zero-order valence-electron chi connectivity index (χ0n) is 12.6. The summed E-state index contributed by atoms with van der Waals surface area (Å²) in [5, 5.41) is 48.8. The molecule has 2 heterocycles. The fourth-order valence-corrected chi connectivity index (χ4v) is 2.33. The highest BCUT2D eigenvalue weighted by Gasteiger charge is 2.47. The van der Waals surface area contributed by atoms with E-state index in [1.54, 1.807) is 6.92 Å². The summed E-state index contributed by atoms with van der Waals surface area (Å²) in [7, 11) is 0. The molecule has 12 heteroatoms. The molecular weight excluding hydrogens is 330 g/mol. The lowest BCUT2D eigenvalue weighted by molar-refractivity contribution is -0.392. The third-order valence-corrected chi connectivity index (χ3v) is 3.63. The zero-order valence-corrected chi connectivity index (χ0v) is 12.6. The Kier molecular flexibility index (Phi) is 5.46. The number of aromatic nitrogens is 2. The lowest BCUT2D eigenvalue weighted by Gasteiger charge is -2.38. The van der Waals surface area contributed by atoms with Crippen molar-refractivity contribution in [3.05, 3.63) is 22.1 Å². The van der Waals surface area contributed by atoms with Gasteiger partial charge in [-0.15, -0.1) is 0 Å². The number of nitro groups is 1. The van der Waals surface area contributed by atoms with E-state index in [2.05, 4.69) is 4.98 Å². The first-order chi connectivity index (χ1) is 11.2. The van der Waals surface area contributed by atoms with Gasteiger partial charge in [-0.25, -0.2) is 14.3 Å². The topological polar surface area (TPSA) is 177 Å². The third-order valence-electron chi connectivity index (χ3n) is 3.63. The molecule has 24 heavy (non-hydrogen) atoms. The van der Waals surface area contributed by atoms with Crippen molar-refractivity contribution >= 4 is 11.8 Å². The van der Waals surface area contributed by atoms with E-state index in [1.165, 1.54) is 4.57 Å². The Morgan fingerprint density at radius 2 is 2.08 bits per heavy atom. The van der Waals surface area contributed by atoms with Crippen LogP contribution >= 0.6 is 0 Å². The molecule has 0 radical (unpaired) electrons. The van der Waals surface area contributed by atoms with E-state index in [9.17, 15) is 30.2 Å². The van der Waals surface area contributed by atoms with Gasteiger partial charge in [0.05, 0.1) is 6.61 Å². The number of hydrogen-bond acceptors (Lipinski definition) is 9. The molecule has 4 N–H and O–H groups in total. The van der Waals surface area contributed by atoms with E-state index in [1.807, 2.05) is 0 Å². The van der Waals surface area contributed by atoms with Gasteiger partial charge in [0.1, 0.15) is 31.1 Å². The molecule has 0 unspecified atom stereocenters. The van der Waals surface area contributed by atoms with Gasteiger partial charge in [-0.1, -0.05) is 0 Å². The largest absolute Gasteiger partial charge is 0.479 e. The predicted octanol–water partition coefficient (Wildman–Crippen LogP) is -1.99. The molecule has 1 aliphatic rings. The molecule has 0 saturated carbocycles. The maximum atomic E-state index is 11.0.